The molecule has 2 N–H and O–H groups in total. The zero-order valence-corrected chi connectivity index (χ0v) is 10.3. The van der Waals surface area contributed by atoms with Crippen LogP contribution in [-0.4, -0.2) is 4.98 Å². The van der Waals surface area contributed by atoms with Crippen LogP contribution in [0.2, 0.25) is 0 Å². The van der Waals surface area contributed by atoms with Crippen molar-refractivity contribution in [3.63, 3.8) is 0 Å². The van der Waals surface area contributed by atoms with Crippen LogP contribution in [0, 0.1) is 5.92 Å². The molecule has 1 rings (SSSR count). The number of rotatable bonds is 4. The summed E-state index contributed by atoms with van der Waals surface area (Å²) < 4.78 is 0.856. The normalized spacial score (nSPS) is 13.2. The fourth-order valence-electron chi connectivity index (χ4n) is 1.29. The highest BCUT2D eigenvalue weighted by molar-refractivity contribution is 9.10. The molecule has 0 radical (unpaired) electrons. The fraction of sp³-hybridized carbons (Fsp3) is 0.545. The van der Waals surface area contributed by atoms with Gasteiger partial charge in [-0.15, -0.1) is 0 Å². The van der Waals surface area contributed by atoms with Gasteiger partial charge in [0.25, 0.3) is 0 Å². The Bertz CT molecular complexity index is 286. The van der Waals surface area contributed by atoms with Gasteiger partial charge in [0.2, 0.25) is 0 Å². The maximum Gasteiger partial charge on any atom is 0.106 e. The molecular formula is C11H17BrN2. The Balaban J connectivity index is 2.56. The van der Waals surface area contributed by atoms with Gasteiger partial charge in [-0.3, -0.25) is 0 Å². The van der Waals surface area contributed by atoms with Crippen LogP contribution in [-0.2, 0) is 0 Å². The first-order valence-corrected chi connectivity index (χ1v) is 5.77. The van der Waals surface area contributed by atoms with Gasteiger partial charge in [-0.05, 0) is 46.8 Å². The van der Waals surface area contributed by atoms with Crippen LogP contribution in [0.15, 0.2) is 22.8 Å². The number of halogens is 1. The Labute approximate surface area is 94.0 Å². The van der Waals surface area contributed by atoms with Crippen LogP contribution in [0.25, 0.3) is 0 Å². The number of nitrogens with zero attached hydrogens (tertiary/aromatic N) is 1. The highest BCUT2D eigenvalue weighted by Crippen LogP contribution is 2.18. The summed E-state index contributed by atoms with van der Waals surface area (Å²) in [7, 11) is 0. The van der Waals surface area contributed by atoms with E-state index in [1.807, 2.05) is 18.2 Å². The fourth-order valence-corrected chi connectivity index (χ4v) is 1.65. The van der Waals surface area contributed by atoms with Crippen molar-refractivity contribution in [2.24, 2.45) is 11.7 Å². The minimum Gasteiger partial charge on any atom is -0.323 e. The summed E-state index contributed by atoms with van der Waals surface area (Å²) >= 11 is 3.34. The van der Waals surface area contributed by atoms with Crippen LogP contribution >= 0.6 is 15.9 Å². The SMILES string of the molecule is CC(C)CC[C@H](N)c1cccc(Br)n1. The van der Waals surface area contributed by atoms with E-state index in [0.29, 0.717) is 5.92 Å². The van der Waals surface area contributed by atoms with Crippen molar-refractivity contribution in [2.75, 3.05) is 0 Å². The van der Waals surface area contributed by atoms with Crippen LogP contribution < -0.4 is 5.73 Å². The van der Waals surface area contributed by atoms with Gasteiger partial charge in [0, 0.05) is 6.04 Å². The van der Waals surface area contributed by atoms with E-state index < -0.39 is 0 Å². The van der Waals surface area contributed by atoms with Crippen molar-refractivity contribution in [1.82, 2.24) is 4.98 Å². The standard InChI is InChI=1S/C11H17BrN2/c1-8(2)6-7-9(13)10-4-3-5-11(12)14-10/h3-5,8-9H,6-7,13H2,1-2H3/t9-/m0/s1. The van der Waals surface area contributed by atoms with Crippen LogP contribution in [0.1, 0.15) is 38.4 Å². The van der Waals surface area contributed by atoms with E-state index in [0.717, 1.165) is 23.1 Å². The molecule has 0 saturated heterocycles. The molecule has 3 heteroatoms. The number of hydrogen-bond donors (Lipinski definition) is 1. The zero-order valence-electron chi connectivity index (χ0n) is 8.70. The molecule has 1 aromatic rings. The summed E-state index contributed by atoms with van der Waals surface area (Å²) in [6, 6.07) is 5.94. The van der Waals surface area contributed by atoms with E-state index in [4.69, 9.17) is 5.73 Å². The average molecular weight is 257 g/mol. The van der Waals surface area contributed by atoms with E-state index in [-0.39, 0.29) is 6.04 Å². The zero-order chi connectivity index (χ0) is 10.6. The molecule has 2 nitrogen and oxygen atoms in total. The van der Waals surface area contributed by atoms with Crippen molar-refractivity contribution in [3.8, 4) is 0 Å². The lowest BCUT2D eigenvalue weighted by molar-refractivity contribution is 0.501. The first-order chi connectivity index (χ1) is 6.59. The molecular weight excluding hydrogens is 240 g/mol. The highest BCUT2D eigenvalue weighted by atomic mass is 79.9. The Morgan fingerprint density at radius 2 is 2.07 bits per heavy atom. The molecule has 0 aliphatic rings. The monoisotopic (exact) mass is 256 g/mol. The molecule has 1 atom stereocenters. The smallest absolute Gasteiger partial charge is 0.106 e. The number of pyridine rings is 1. The van der Waals surface area contributed by atoms with Crippen molar-refractivity contribution in [2.45, 2.75) is 32.7 Å². The quantitative estimate of drug-likeness (QED) is 0.840. The lowest BCUT2D eigenvalue weighted by Crippen LogP contribution is -2.12. The summed E-state index contributed by atoms with van der Waals surface area (Å²) in [5.74, 6) is 0.702. The molecule has 0 amide bonds. The van der Waals surface area contributed by atoms with E-state index in [9.17, 15) is 0 Å². The predicted molar refractivity (Wildman–Crippen MR) is 62.9 cm³/mol. The van der Waals surface area contributed by atoms with Crippen molar-refractivity contribution >= 4 is 15.9 Å². The average Bonchev–Trinajstić information content (AvgIpc) is 2.14. The van der Waals surface area contributed by atoms with Gasteiger partial charge in [-0.2, -0.15) is 0 Å². The summed E-state index contributed by atoms with van der Waals surface area (Å²) in [5.41, 5.74) is 7.00. The molecule has 0 fully saturated rings. The Morgan fingerprint density at radius 1 is 1.36 bits per heavy atom. The van der Waals surface area contributed by atoms with Crippen LogP contribution in [0.3, 0.4) is 0 Å². The van der Waals surface area contributed by atoms with E-state index in [1.165, 1.54) is 0 Å². The van der Waals surface area contributed by atoms with Crippen molar-refractivity contribution in [3.05, 3.63) is 28.5 Å². The molecule has 0 aliphatic heterocycles. The molecule has 0 unspecified atom stereocenters. The lowest BCUT2D eigenvalue weighted by atomic mass is 10.0. The second-order valence-electron chi connectivity index (χ2n) is 3.96. The first-order valence-electron chi connectivity index (χ1n) is 4.97. The number of nitrogens with two attached hydrogens (primary N) is 1. The Kier molecular flexibility index (Phi) is 4.55. The van der Waals surface area contributed by atoms with Gasteiger partial charge >= 0.3 is 0 Å². The molecule has 1 aromatic heterocycles. The largest absolute Gasteiger partial charge is 0.323 e. The van der Waals surface area contributed by atoms with E-state index in [2.05, 4.69) is 34.8 Å². The lowest BCUT2D eigenvalue weighted by Gasteiger charge is -2.12. The molecule has 78 valence electrons. The number of aromatic nitrogens is 1. The molecule has 1 heterocycles. The third-order valence-corrected chi connectivity index (χ3v) is 2.61. The van der Waals surface area contributed by atoms with Gasteiger partial charge in [-0.1, -0.05) is 19.9 Å². The third-order valence-electron chi connectivity index (χ3n) is 2.17. The topological polar surface area (TPSA) is 38.9 Å². The minimum atomic E-state index is 0.0647. The minimum absolute atomic E-state index is 0.0647. The summed E-state index contributed by atoms with van der Waals surface area (Å²) in [5, 5.41) is 0. The molecule has 0 bridgehead atoms. The second-order valence-corrected chi connectivity index (χ2v) is 4.78. The van der Waals surface area contributed by atoms with Gasteiger partial charge in [0.15, 0.2) is 0 Å². The number of hydrogen-bond acceptors (Lipinski definition) is 2. The second kappa shape index (κ2) is 5.47. The third kappa shape index (κ3) is 3.76. The van der Waals surface area contributed by atoms with Gasteiger partial charge in [0.1, 0.15) is 4.60 Å². The van der Waals surface area contributed by atoms with E-state index >= 15 is 0 Å². The predicted octanol–water partition coefficient (Wildman–Crippen LogP) is 3.28. The Hall–Kier alpha value is -0.410. The summed E-state index contributed by atoms with van der Waals surface area (Å²) in [6.07, 6.45) is 2.15. The molecule has 0 aromatic carbocycles. The van der Waals surface area contributed by atoms with E-state index in [1.54, 1.807) is 0 Å². The molecule has 0 saturated carbocycles. The highest BCUT2D eigenvalue weighted by Gasteiger charge is 2.08. The maximum absolute atomic E-state index is 6.03. The summed E-state index contributed by atoms with van der Waals surface area (Å²) in [4.78, 5) is 4.34. The van der Waals surface area contributed by atoms with Gasteiger partial charge in [0.05, 0.1) is 5.69 Å². The van der Waals surface area contributed by atoms with Crippen molar-refractivity contribution in [1.29, 1.82) is 0 Å². The van der Waals surface area contributed by atoms with Gasteiger partial charge in [-0.25, -0.2) is 4.98 Å². The van der Waals surface area contributed by atoms with Crippen LogP contribution in [0.5, 0.6) is 0 Å². The maximum atomic E-state index is 6.03. The Morgan fingerprint density at radius 3 is 2.64 bits per heavy atom. The first kappa shape index (κ1) is 11.7. The van der Waals surface area contributed by atoms with Crippen LogP contribution in [0.4, 0.5) is 0 Å². The summed E-state index contributed by atoms with van der Waals surface area (Å²) in [6.45, 7) is 4.42. The molecule has 14 heavy (non-hydrogen) atoms. The van der Waals surface area contributed by atoms with Crippen molar-refractivity contribution < 1.29 is 0 Å². The molecule has 0 aliphatic carbocycles. The molecule has 0 spiro atoms. The van der Waals surface area contributed by atoms with Gasteiger partial charge < -0.3 is 5.73 Å².